The van der Waals surface area contributed by atoms with Gasteiger partial charge in [0.15, 0.2) is 0 Å². The topological polar surface area (TPSA) is 64.3 Å². The third-order valence-corrected chi connectivity index (χ3v) is 4.25. The number of fused-ring (bicyclic) bond motifs is 1. The molecule has 1 aliphatic heterocycles. The van der Waals surface area contributed by atoms with E-state index in [9.17, 15) is 4.79 Å². The fourth-order valence-electron chi connectivity index (χ4n) is 2.93. The molecule has 0 spiro atoms. The highest BCUT2D eigenvalue weighted by molar-refractivity contribution is 5.91. The van der Waals surface area contributed by atoms with Crippen LogP contribution >= 0.6 is 0 Å². The lowest BCUT2D eigenvalue weighted by atomic mass is 10.1. The zero-order valence-corrected chi connectivity index (χ0v) is 13.9. The van der Waals surface area contributed by atoms with Crippen molar-refractivity contribution < 1.29 is 9.90 Å². The summed E-state index contributed by atoms with van der Waals surface area (Å²) < 4.78 is 0. The van der Waals surface area contributed by atoms with Crippen LogP contribution in [0.5, 0.6) is 0 Å². The minimum absolute atomic E-state index is 0.275. The SMILES string of the molecule is Cc1ccc(N2CCc3cc(/C=C/C=C(\C#N)C(=O)O)ccc32)cc1. The summed E-state index contributed by atoms with van der Waals surface area (Å²) in [7, 11) is 0. The van der Waals surface area contributed by atoms with Crippen LogP contribution in [0.15, 0.2) is 60.2 Å². The summed E-state index contributed by atoms with van der Waals surface area (Å²) in [6.07, 6.45) is 5.70. The highest BCUT2D eigenvalue weighted by Gasteiger charge is 2.20. The standard InChI is InChI=1S/C21H18N2O2/c1-15-5-8-19(9-6-15)23-12-11-17-13-16(7-10-20(17)23)3-2-4-18(14-22)21(24)25/h2-10,13H,11-12H2,1H3,(H,24,25)/b3-2+,18-4+. The number of rotatable bonds is 4. The van der Waals surface area contributed by atoms with E-state index in [0.717, 1.165) is 18.5 Å². The molecule has 0 atom stereocenters. The molecule has 2 aromatic rings. The number of hydrogen-bond acceptors (Lipinski definition) is 3. The number of carbonyl (C=O) groups is 1. The number of carboxylic acid groups (broad SMARTS) is 1. The second kappa shape index (κ2) is 7.06. The minimum atomic E-state index is -1.21. The summed E-state index contributed by atoms with van der Waals surface area (Å²) in [4.78, 5) is 13.1. The van der Waals surface area contributed by atoms with Gasteiger partial charge in [-0.2, -0.15) is 5.26 Å². The molecule has 2 aromatic carbocycles. The van der Waals surface area contributed by atoms with Gasteiger partial charge in [-0.3, -0.25) is 0 Å². The molecule has 1 N–H and O–H groups in total. The van der Waals surface area contributed by atoms with E-state index in [-0.39, 0.29) is 5.57 Å². The number of aliphatic carboxylic acids is 1. The lowest BCUT2D eigenvalue weighted by Crippen LogP contribution is -2.12. The predicted molar refractivity (Wildman–Crippen MR) is 98.7 cm³/mol. The maximum Gasteiger partial charge on any atom is 0.346 e. The first-order valence-electron chi connectivity index (χ1n) is 8.07. The molecule has 0 radical (unpaired) electrons. The molecular weight excluding hydrogens is 312 g/mol. The fraction of sp³-hybridized carbons (Fsp3) is 0.143. The Morgan fingerprint density at radius 3 is 2.68 bits per heavy atom. The van der Waals surface area contributed by atoms with Crippen LogP contribution < -0.4 is 4.90 Å². The van der Waals surface area contributed by atoms with E-state index >= 15 is 0 Å². The van der Waals surface area contributed by atoms with E-state index < -0.39 is 5.97 Å². The van der Waals surface area contributed by atoms with Crippen molar-refractivity contribution in [3.05, 3.63) is 76.9 Å². The van der Waals surface area contributed by atoms with Crippen molar-refractivity contribution in [1.82, 2.24) is 0 Å². The van der Waals surface area contributed by atoms with E-state index in [0.29, 0.717) is 0 Å². The monoisotopic (exact) mass is 330 g/mol. The third kappa shape index (κ3) is 3.61. The molecule has 0 saturated heterocycles. The first kappa shape index (κ1) is 16.5. The molecule has 1 aliphatic rings. The Hall–Kier alpha value is -3.32. The first-order valence-corrected chi connectivity index (χ1v) is 8.07. The van der Waals surface area contributed by atoms with Gasteiger partial charge in [0, 0.05) is 17.9 Å². The summed E-state index contributed by atoms with van der Waals surface area (Å²) >= 11 is 0. The van der Waals surface area contributed by atoms with Crippen LogP contribution in [0, 0.1) is 18.3 Å². The Kier molecular flexibility index (Phi) is 4.67. The number of allylic oxidation sites excluding steroid dienone is 2. The van der Waals surface area contributed by atoms with Gasteiger partial charge in [-0.15, -0.1) is 0 Å². The van der Waals surface area contributed by atoms with Gasteiger partial charge in [0.1, 0.15) is 11.6 Å². The highest BCUT2D eigenvalue weighted by atomic mass is 16.4. The van der Waals surface area contributed by atoms with E-state index in [1.165, 1.54) is 28.6 Å². The van der Waals surface area contributed by atoms with Gasteiger partial charge in [-0.05, 0) is 54.8 Å². The van der Waals surface area contributed by atoms with Crippen molar-refractivity contribution in [3.63, 3.8) is 0 Å². The Labute approximate surface area is 146 Å². The number of anilines is 2. The summed E-state index contributed by atoms with van der Waals surface area (Å²) in [6, 6.07) is 16.4. The van der Waals surface area contributed by atoms with Gasteiger partial charge >= 0.3 is 5.97 Å². The van der Waals surface area contributed by atoms with Crippen LogP contribution in [-0.2, 0) is 11.2 Å². The molecule has 1 heterocycles. The van der Waals surface area contributed by atoms with Crippen molar-refractivity contribution in [2.45, 2.75) is 13.3 Å². The lowest BCUT2D eigenvalue weighted by Gasteiger charge is -2.19. The molecule has 0 saturated carbocycles. The molecule has 4 nitrogen and oxygen atoms in total. The van der Waals surface area contributed by atoms with E-state index in [2.05, 4.69) is 48.2 Å². The average Bonchev–Trinajstić information content (AvgIpc) is 3.02. The molecule has 25 heavy (non-hydrogen) atoms. The summed E-state index contributed by atoms with van der Waals surface area (Å²) in [5, 5.41) is 17.6. The molecule has 0 unspecified atom stereocenters. The normalized spacial score (nSPS) is 13.8. The van der Waals surface area contributed by atoms with Gasteiger partial charge < -0.3 is 10.0 Å². The summed E-state index contributed by atoms with van der Waals surface area (Å²) in [6.45, 7) is 3.03. The quantitative estimate of drug-likeness (QED) is 0.517. The van der Waals surface area contributed by atoms with Crippen LogP contribution in [0.3, 0.4) is 0 Å². The van der Waals surface area contributed by atoms with Crippen molar-refractivity contribution in [1.29, 1.82) is 5.26 Å². The molecular formula is C21H18N2O2. The van der Waals surface area contributed by atoms with Gasteiger partial charge in [0.2, 0.25) is 0 Å². The molecule has 0 amide bonds. The molecule has 124 valence electrons. The maximum absolute atomic E-state index is 10.8. The number of nitriles is 1. The molecule has 0 aliphatic carbocycles. The smallest absolute Gasteiger partial charge is 0.346 e. The van der Waals surface area contributed by atoms with Crippen LogP contribution in [0.25, 0.3) is 6.08 Å². The van der Waals surface area contributed by atoms with Gasteiger partial charge in [0.05, 0.1) is 0 Å². The zero-order chi connectivity index (χ0) is 17.8. The zero-order valence-electron chi connectivity index (χ0n) is 13.9. The summed E-state index contributed by atoms with van der Waals surface area (Å²) in [5.41, 5.74) is 5.63. The Morgan fingerprint density at radius 1 is 1.24 bits per heavy atom. The second-order valence-corrected chi connectivity index (χ2v) is 5.98. The molecule has 0 bridgehead atoms. The molecule has 3 rings (SSSR count). The second-order valence-electron chi connectivity index (χ2n) is 5.98. The van der Waals surface area contributed by atoms with Gasteiger partial charge in [0.25, 0.3) is 0 Å². The van der Waals surface area contributed by atoms with Crippen LogP contribution in [0.1, 0.15) is 16.7 Å². The molecule has 0 fully saturated rings. The van der Waals surface area contributed by atoms with Crippen molar-refractivity contribution >= 4 is 23.4 Å². The van der Waals surface area contributed by atoms with Crippen molar-refractivity contribution in [2.75, 3.05) is 11.4 Å². The number of benzene rings is 2. The first-order chi connectivity index (χ1) is 12.1. The fourth-order valence-corrected chi connectivity index (χ4v) is 2.93. The third-order valence-electron chi connectivity index (χ3n) is 4.25. The van der Waals surface area contributed by atoms with Crippen LogP contribution in [0.2, 0.25) is 0 Å². The summed E-state index contributed by atoms with van der Waals surface area (Å²) in [5.74, 6) is -1.21. The number of carboxylic acids is 1. The lowest BCUT2D eigenvalue weighted by molar-refractivity contribution is -0.132. The minimum Gasteiger partial charge on any atom is -0.477 e. The Balaban J connectivity index is 1.81. The number of hydrogen-bond donors (Lipinski definition) is 1. The number of nitrogens with zero attached hydrogens (tertiary/aromatic N) is 2. The van der Waals surface area contributed by atoms with Gasteiger partial charge in [-0.1, -0.05) is 35.9 Å². The van der Waals surface area contributed by atoms with E-state index in [4.69, 9.17) is 10.4 Å². The Bertz CT molecular complexity index is 902. The predicted octanol–water partition coefficient (Wildman–Crippen LogP) is 4.24. The maximum atomic E-state index is 10.8. The molecule has 0 aromatic heterocycles. The van der Waals surface area contributed by atoms with Crippen molar-refractivity contribution in [2.24, 2.45) is 0 Å². The van der Waals surface area contributed by atoms with E-state index in [1.807, 2.05) is 12.1 Å². The van der Waals surface area contributed by atoms with Gasteiger partial charge in [-0.25, -0.2) is 4.79 Å². The molecule has 4 heteroatoms. The van der Waals surface area contributed by atoms with Crippen LogP contribution in [-0.4, -0.2) is 17.6 Å². The largest absolute Gasteiger partial charge is 0.477 e. The highest BCUT2D eigenvalue weighted by Crippen LogP contribution is 2.35. The number of aryl methyl sites for hydroxylation is 1. The van der Waals surface area contributed by atoms with Crippen molar-refractivity contribution in [3.8, 4) is 6.07 Å². The Morgan fingerprint density at radius 2 is 2.00 bits per heavy atom. The van der Waals surface area contributed by atoms with Crippen LogP contribution in [0.4, 0.5) is 11.4 Å². The van der Waals surface area contributed by atoms with E-state index in [1.54, 1.807) is 12.1 Å². The average molecular weight is 330 g/mol.